The molecule has 2 aliphatic heterocycles. The highest BCUT2D eigenvalue weighted by molar-refractivity contribution is 5.78. The Bertz CT molecular complexity index is 717. The minimum atomic E-state index is 0.0709. The molecule has 1 amide bonds. The van der Waals surface area contributed by atoms with Gasteiger partial charge in [0.05, 0.1) is 6.04 Å². The van der Waals surface area contributed by atoms with Crippen molar-refractivity contribution in [3.05, 3.63) is 65.7 Å². The maximum atomic E-state index is 12.5. The van der Waals surface area contributed by atoms with Gasteiger partial charge in [-0.05, 0) is 29.7 Å². The van der Waals surface area contributed by atoms with Crippen molar-refractivity contribution in [3.8, 4) is 5.75 Å². The lowest BCUT2D eigenvalue weighted by atomic mass is 9.91. The monoisotopic (exact) mass is 322 g/mol. The standard InChI is InChI=1S/C20H22N2O2/c23-20(15-24-17-7-2-1-3-8-17)22-13-12-21-11-10-16-6-4-5-9-18(16)19(21)14-22/h1-9,19H,10-15H2. The largest absolute Gasteiger partial charge is 0.484 e. The van der Waals surface area contributed by atoms with Crippen LogP contribution in [0.25, 0.3) is 0 Å². The van der Waals surface area contributed by atoms with Crippen molar-refractivity contribution >= 4 is 5.91 Å². The van der Waals surface area contributed by atoms with Crippen molar-refractivity contribution in [2.45, 2.75) is 12.5 Å². The van der Waals surface area contributed by atoms with E-state index < -0.39 is 0 Å². The molecule has 0 spiro atoms. The molecule has 1 saturated heterocycles. The second-order valence-corrected chi connectivity index (χ2v) is 6.44. The lowest BCUT2D eigenvalue weighted by Crippen LogP contribution is -2.53. The lowest BCUT2D eigenvalue weighted by Gasteiger charge is -2.44. The predicted octanol–water partition coefficient (Wildman–Crippen LogP) is 2.51. The molecule has 1 atom stereocenters. The first kappa shape index (κ1) is 15.2. The lowest BCUT2D eigenvalue weighted by molar-refractivity contribution is -0.136. The highest BCUT2D eigenvalue weighted by Crippen LogP contribution is 2.32. The van der Waals surface area contributed by atoms with Gasteiger partial charge >= 0.3 is 0 Å². The van der Waals surface area contributed by atoms with Crippen LogP contribution in [0.1, 0.15) is 17.2 Å². The number of hydrogen-bond acceptors (Lipinski definition) is 3. The van der Waals surface area contributed by atoms with Crippen molar-refractivity contribution in [2.24, 2.45) is 0 Å². The molecule has 0 aromatic heterocycles. The summed E-state index contributed by atoms with van der Waals surface area (Å²) in [6, 6.07) is 18.5. The summed E-state index contributed by atoms with van der Waals surface area (Å²) in [6.45, 7) is 3.68. The number of fused-ring (bicyclic) bond motifs is 3. The van der Waals surface area contributed by atoms with Crippen LogP contribution in [0.3, 0.4) is 0 Å². The molecule has 4 rings (SSSR count). The second kappa shape index (κ2) is 6.65. The fourth-order valence-corrected chi connectivity index (χ4v) is 3.71. The Balaban J connectivity index is 1.42. The molecule has 4 heteroatoms. The van der Waals surface area contributed by atoms with Crippen LogP contribution in [-0.2, 0) is 11.2 Å². The highest BCUT2D eigenvalue weighted by Gasteiger charge is 2.33. The molecule has 2 aromatic rings. The molecule has 124 valence electrons. The van der Waals surface area contributed by atoms with E-state index in [1.165, 1.54) is 11.1 Å². The molecule has 0 aliphatic carbocycles. The molecule has 24 heavy (non-hydrogen) atoms. The molecule has 2 aromatic carbocycles. The Hall–Kier alpha value is -2.33. The van der Waals surface area contributed by atoms with E-state index in [4.69, 9.17) is 4.74 Å². The van der Waals surface area contributed by atoms with Gasteiger partial charge in [-0.15, -0.1) is 0 Å². The highest BCUT2D eigenvalue weighted by atomic mass is 16.5. The van der Waals surface area contributed by atoms with E-state index in [-0.39, 0.29) is 12.5 Å². The van der Waals surface area contributed by atoms with Gasteiger partial charge in [0.25, 0.3) is 5.91 Å². The fraction of sp³-hybridized carbons (Fsp3) is 0.350. The van der Waals surface area contributed by atoms with Crippen LogP contribution in [0.4, 0.5) is 0 Å². The van der Waals surface area contributed by atoms with Crippen LogP contribution in [0, 0.1) is 0 Å². The van der Waals surface area contributed by atoms with Crippen molar-refractivity contribution in [2.75, 3.05) is 32.8 Å². The van der Waals surface area contributed by atoms with Gasteiger partial charge in [-0.1, -0.05) is 42.5 Å². The quantitative estimate of drug-likeness (QED) is 0.870. The molecule has 0 N–H and O–H groups in total. The Labute approximate surface area is 142 Å². The zero-order valence-electron chi connectivity index (χ0n) is 13.7. The minimum Gasteiger partial charge on any atom is -0.484 e. The van der Waals surface area contributed by atoms with E-state index in [2.05, 4.69) is 29.2 Å². The summed E-state index contributed by atoms with van der Waals surface area (Å²) >= 11 is 0. The molecular formula is C20H22N2O2. The van der Waals surface area contributed by atoms with Gasteiger partial charge in [-0.2, -0.15) is 0 Å². The molecule has 2 aliphatic rings. The zero-order valence-corrected chi connectivity index (χ0v) is 13.7. The van der Waals surface area contributed by atoms with Gasteiger partial charge < -0.3 is 9.64 Å². The molecule has 0 radical (unpaired) electrons. The van der Waals surface area contributed by atoms with Crippen LogP contribution in [0.15, 0.2) is 54.6 Å². The number of piperazine rings is 1. The molecule has 4 nitrogen and oxygen atoms in total. The maximum absolute atomic E-state index is 12.5. The van der Waals surface area contributed by atoms with Gasteiger partial charge in [0.15, 0.2) is 6.61 Å². The summed E-state index contributed by atoms with van der Waals surface area (Å²) < 4.78 is 5.62. The molecule has 1 fully saturated rings. The van der Waals surface area contributed by atoms with Gasteiger partial charge in [-0.25, -0.2) is 0 Å². The Kier molecular flexibility index (Phi) is 4.22. The zero-order chi connectivity index (χ0) is 16.4. The van der Waals surface area contributed by atoms with E-state index in [0.717, 1.165) is 38.3 Å². The third-order valence-corrected chi connectivity index (χ3v) is 5.03. The van der Waals surface area contributed by atoms with Crippen molar-refractivity contribution in [3.63, 3.8) is 0 Å². The van der Waals surface area contributed by atoms with Gasteiger partial charge in [0.1, 0.15) is 5.75 Å². The average molecular weight is 322 g/mol. The van der Waals surface area contributed by atoms with Gasteiger partial charge in [-0.3, -0.25) is 9.69 Å². The first-order chi connectivity index (χ1) is 11.8. The maximum Gasteiger partial charge on any atom is 0.260 e. The topological polar surface area (TPSA) is 32.8 Å². The summed E-state index contributed by atoms with van der Waals surface area (Å²) in [6.07, 6.45) is 1.11. The van der Waals surface area contributed by atoms with E-state index in [1.807, 2.05) is 35.2 Å². The van der Waals surface area contributed by atoms with Crippen LogP contribution < -0.4 is 4.74 Å². The number of hydrogen-bond donors (Lipinski definition) is 0. The number of benzene rings is 2. The van der Waals surface area contributed by atoms with Crippen LogP contribution in [-0.4, -0.2) is 48.5 Å². The van der Waals surface area contributed by atoms with Crippen molar-refractivity contribution in [1.29, 1.82) is 0 Å². The third kappa shape index (κ3) is 3.02. The summed E-state index contributed by atoms with van der Waals surface area (Å²) in [5.74, 6) is 0.814. The summed E-state index contributed by atoms with van der Waals surface area (Å²) in [4.78, 5) is 17.0. The minimum absolute atomic E-state index is 0.0709. The number of amides is 1. The normalized spacial score (nSPS) is 20.2. The third-order valence-electron chi connectivity index (χ3n) is 5.03. The number of rotatable bonds is 3. The van der Waals surface area contributed by atoms with Crippen molar-refractivity contribution in [1.82, 2.24) is 9.80 Å². The predicted molar refractivity (Wildman–Crippen MR) is 93.0 cm³/mol. The Morgan fingerprint density at radius 2 is 1.79 bits per heavy atom. The van der Waals surface area contributed by atoms with Crippen LogP contribution >= 0.6 is 0 Å². The molecule has 0 saturated carbocycles. The molecule has 2 heterocycles. The van der Waals surface area contributed by atoms with E-state index in [0.29, 0.717) is 6.04 Å². The average Bonchev–Trinajstić information content (AvgIpc) is 2.66. The molecular weight excluding hydrogens is 300 g/mol. The summed E-state index contributed by atoms with van der Waals surface area (Å²) in [5, 5.41) is 0. The number of ether oxygens (including phenoxy) is 1. The van der Waals surface area contributed by atoms with E-state index in [9.17, 15) is 4.79 Å². The van der Waals surface area contributed by atoms with E-state index in [1.54, 1.807) is 0 Å². The first-order valence-electron chi connectivity index (χ1n) is 8.59. The van der Waals surface area contributed by atoms with E-state index >= 15 is 0 Å². The summed E-state index contributed by atoms with van der Waals surface area (Å²) in [7, 11) is 0. The van der Waals surface area contributed by atoms with Gasteiger partial charge in [0.2, 0.25) is 0 Å². The second-order valence-electron chi connectivity index (χ2n) is 6.44. The smallest absolute Gasteiger partial charge is 0.260 e. The number of carbonyl (C=O) groups is 1. The first-order valence-corrected chi connectivity index (χ1v) is 8.59. The Morgan fingerprint density at radius 3 is 2.67 bits per heavy atom. The molecule has 1 unspecified atom stereocenters. The SMILES string of the molecule is O=C(COc1ccccc1)N1CCN2CCc3ccccc3C2C1. The fourth-order valence-electron chi connectivity index (χ4n) is 3.71. The number of para-hydroxylation sites is 1. The Morgan fingerprint density at radius 1 is 1.00 bits per heavy atom. The van der Waals surface area contributed by atoms with Crippen molar-refractivity contribution < 1.29 is 9.53 Å². The number of carbonyl (C=O) groups excluding carboxylic acids is 1. The summed E-state index contributed by atoms with van der Waals surface area (Å²) in [5.41, 5.74) is 2.80. The molecule has 0 bridgehead atoms. The number of nitrogens with zero attached hydrogens (tertiary/aromatic N) is 2. The van der Waals surface area contributed by atoms with Crippen LogP contribution in [0.2, 0.25) is 0 Å². The van der Waals surface area contributed by atoms with Gasteiger partial charge in [0, 0.05) is 26.2 Å². The van der Waals surface area contributed by atoms with Crippen LogP contribution in [0.5, 0.6) is 5.75 Å².